The van der Waals surface area contributed by atoms with Gasteiger partial charge in [-0.3, -0.25) is 0 Å². The number of hydrogen-bond acceptors (Lipinski definition) is 3. The highest BCUT2D eigenvalue weighted by Crippen LogP contribution is 2.29. The second-order valence-electron chi connectivity index (χ2n) is 5.11. The molecule has 2 aromatic rings. The number of thiophene rings is 1. The molecule has 1 aliphatic carbocycles. The number of fused-ring (bicyclic) bond motifs is 1. The van der Waals surface area contributed by atoms with Gasteiger partial charge in [-0.05, 0) is 35.9 Å². The van der Waals surface area contributed by atoms with Crippen LogP contribution in [0.4, 0.5) is 0 Å². The summed E-state index contributed by atoms with van der Waals surface area (Å²) in [5.41, 5.74) is 1.53. The monoisotopic (exact) mass is 275 g/mol. The van der Waals surface area contributed by atoms with Crippen LogP contribution in [0, 0.1) is 0 Å². The molecular weight excluding hydrogens is 258 g/mol. The lowest BCUT2D eigenvalue weighted by molar-refractivity contribution is 0.0699. The fraction of sp³-hybridized carbons (Fsp3) is 0.400. The number of benzene rings is 1. The summed E-state index contributed by atoms with van der Waals surface area (Å²) in [5.74, 6) is -0.842. The lowest BCUT2D eigenvalue weighted by atomic mass is 10.1. The van der Waals surface area contributed by atoms with Crippen molar-refractivity contribution >= 4 is 27.4 Å². The third-order valence-electron chi connectivity index (χ3n) is 3.84. The van der Waals surface area contributed by atoms with E-state index in [2.05, 4.69) is 10.7 Å². The Morgan fingerprint density at radius 1 is 1.37 bits per heavy atom. The molecule has 3 nitrogen and oxygen atoms in total. The highest BCUT2D eigenvalue weighted by molar-refractivity contribution is 7.17. The molecule has 3 rings (SSSR count). The predicted molar refractivity (Wildman–Crippen MR) is 77.9 cm³/mol. The van der Waals surface area contributed by atoms with Crippen LogP contribution in [0.1, 0.15) is 41.6 Å². The summed E-state index contributed by atoms with van der Waals surface area (Å²) in [4.78, 5) is 11.3. The fourth-order valence-electron chi connectivity index (χ4n) is 2.85. The zero-order valence-electron chi connectivity index (χ0n) is 10.7. The second-order valence-corrected chi connectivity index (χ2v) is 6.02. The Labute approximate surface area is 116 Å². The first-order valence-electron chi connectivity index (χ1n) is 6.71. The summed E-state index contributed by atoms with van der Waals surface area (Å²) >= 11 is 1.62. The molecule has 100 valence electrons. The molecule has 1 aromatic carbocycles. The Bertz CT molecular complexity index is 599. The van der Waals surface area contributed by atoms with Gasteiger partial charge < -0.3 is 10.4 Å². The molecule has 1 aliphatic rings. The third kappa shape index (κ3) is 2.51. The fourth-order valence-corrected chi connectivity index (χ4v) is 3.83. The first-order chi connectivity index (χ1) is 9.25. The molecule has 0 bridgehead atoms. The molecule has 0 atom stereocenters. The number of carboxylic acid groups (broad SMARTS) is 1. The van der Waals surface area contributed by atoms with Crippen molar-refractivity contribution in [3.05, 3.63) is 34.7 Å². The maximum atomic E-state index is 11.3. The van der Waals surface area contributed by atoms with Crippen LogP contribution in [0.15, 0.2) is 23.6 Å². The molecule has 1 fully saturated rings. The van der Waals surface area contributed by atoms with E-state index < -0.39 is 5.97 Å². The van der Waals surface area contributed by atoms with Gasteiger partial charge in [0.2, 0.25) is 0 Å². The van der Waals surface area contributed by atoms with Crippen molar-refractivity contribution in [1.29, 1.82) is 0 Å². The number of nitrogens with one attached hydrogen (secondary N) is 1. The highest BCUT2D eigenvalue weighted by atomic mass is 32.1. The average Bonchev–Trinajstić information content (AvgIpc) is 3.05. The summed E-state index contributed by atoms with van der Waals surface area (Å²) in [6, 6.07) is 6.10. The molecule has 0 spiro atoms. The topological polar surface area (TPSA) is 49.3 Å². The van der Waals surface area contributed by atoms with Crippen LogP contribution in [0.25, 0.3) is 10.1 Å². The van der Waals surface area contributed by atoms with Gasteiger partial charge in [-0.1, -0.05) is 18.9 Å². The summed E-state index contributed by atoms with van der Waals surface area (Å²) < 4.78 is 1.06. The van der Waals surface area contributed by atoms with Gasteiger partial charge in [0.15, 0.2) is 0 Å². The van der Waals surface area contributed by atoms with Gasteiger partial charge in [0.25, 0.3) is 0 Å². The van der Waals surface area contributed by atoms with Crippen molar-refractivity contribution in [3.8, 4) is 0 Å². The molecule has 0 amide bonds. The largest absolute Gasteiger partial charge is 0.478 e. The SMILES string of the molecule is O=C(O)c1cccc2scc(CNC3CCCC3)c12. The van der Waals surface area contributed by atoms with Gasteiger partial charge in [-0.25, -0.2) is 4.79 Å². The van der Waals surface area contributed by atoms with Crippen LogP contribution in [-0.4, -0.2) is 17.1 Å². The quantitative estimate of drug-likeness (QED) is 0.895. The van der Waals surface area contributed by atoms with E-state index in [1.807, 2.05) is 12.1 Å². The molecule has 1 aromatic heterocycles. The van der Waals surface area contributed by atoms with E-state index in [9.17, 15) is 9.90 Å². The number of rotatable bonds is 4. The first-order valence-corrected chi connectivity index (χ1v) is 7.59. The molecule has 4 heteroatoms. The zero-order chi connectivity index (χ0) is 13.2. The van der Waals surface area contributed by atoms with Crippen molar-refractivity contribution < 1.29 is 9.90 Å². The van der Waals surface area contributed by atoms with E-state index in [1.165, 1.54) is 25.7 Å². The van der Waals surface area contributed by atoms with Crippen LogP contribution in [0.3, 0.4) is 0 Å². The van der Waals surface area contributed by atoms with Crippen LogP contribution in [0.2, 0.25) is 0 Å². The van der Waals surface area contributed by atoms with E-state index in [0.29, 0.717) is 11.6 Å². The molecule has 19 heavy (non-hydrogen) atoms. The van der Waals surface area contributed by atoms with E-state index in [-0.39, 0.29) is 0 Å². The van der Waals surface area contributed by atoms with Gasteiger partial charge in [-0.2, -0.15) is 0 Å². The highest BCUT2D eigenvalue weighted by Gasteiger charge is 2.17. The lowest BCUT2D eigenvalue weighted by Gasteiger charge is -2.11. The second kappa shape index (κ2) is 5.31. The minimum absolute atomic E-state index is 0.418. The van der Waals surface area contributed by atoms with Crippen molar-refractivity contribution in [3.63, 3.8) is 0 Å². The van der Waals surface area contributed by atoms with E-state index in [0.717, 1.165) is 22.2 Å². The molecule has 1 heterocycles. The van der Waals surface area contributed by atoms with Crippen LogP contribution >= 0.6 is 11.3 Å². The van der Waals surface area contributed by atoms with Crippen molar-refractivity contribution in [1.82, 2.24) is 5.32 Å². The van der Waals surface area contributed by atoms with Gasteiger partial charge >= 0.3 is 5.97 Å². The first kappa shape index (κ1) is 12.6. The van der Waals surface area contributed by atoms with Gasteiger partial charge in [0, 0.05) is 22.7 Å². The average molecular weight is 275 g/mol. The number of aromatic carboxylic acids is 1. The molecular formula is C15H17NO2S. The van der Waals surface area contributed by atoms with E-state index >= 15 is 0 Å². The van der Waals surface area contributed by atoms with Gasteiger partial charge in [0.1, 0.15) is 0 Å². The predicted octanol–water partition coefficient (Wildman–Crippen LogP) is 3.63. The normalized spacial score (nSPS) is 16.2. The Morgan fingerprint density at radius 3 is 2.89 bits per heavy atom. The van der Waals surface area contributed by atoms with Gasteiger partial charge in [0.05, 0.1) is 5.56 Å². The molecule has 0 unspecified atom stereocenters. The van der Waals surface area contributed by atoms with E-state index in [1.54, 1.807) is 17.4 Å². The minimum atomic E-state index is -0.842. The lowest BCUT2D eigenvalue weighted by Crippen LogP contribution is -2.25. The maximum Gasteiger partial charge on any atom is 0.336 e. The Balaban J connectivity index is 1.88. The number of hydrogen-bond donors (Lipinski definition) is 2. The summed E-state index contributed by atoms with van der Waals surface area (Å²) in [7, 11) is 0. The van der Waals surface area contributed by atoms with Crippen LogP contribution in [0.5, 0.6) is 0 Å². The summed E-state index contributed by atoms with van der Waals surface area (Å²) in [6.07, 6.45) is 5.10. The smallest absolute Gasteiger partial charge is 0.336 e. The Hall–Kier alpha value is -1.39. The van der Waals surface area contributed by atoms with Crippen LogP contribution < -0.4 is 5.32 Å². The van der Waals surface area contributed by atoms with Crippen molar-refractivity contribution in [2.45, 2.75) is 38.3 Å². The minimum Gasteiger partial charge on any atom is -0.478 e. The van der Waals surface area contributed by atoms with Crippen LogP contribution in [-0.2, 0) is 6.54 Å². The zero-order valence-corrected chi connectivity index (χ0v) is 11.5. The molecule has 0 radical (unpaired) electrons. The Morgan fingerprint density at radius 2 is 2.16 bits per heavy atom. The number of carboxylic acids is 1. The van der Waals surface area contributed by atoms with Crippen molar-refractivity contribution in [2.24, 2.45) is 0 Å². The molecule has 2 N–H and O–H groups in total. The van der Waals surface area contributed by atoms with E-state index in [4.69, 9.17) is 0 Å². The Kier molecular flexibility index (Phi) is 3.53. The molecule has 1 saturated carbocycles. The molecule has 0 saturated heterocycles. The maximum absolute atomic E-state index is 11.3. The standard InChI is InChI=1S/C15H17NO2S/c17-15(18)12-6-3-7-13-14(12)10(9-19-13)8-16-11-4-1-2-5-11/h3,6-7,9,11,16H,1-2,4-5,8H2,(H,17,18). The third-order valence-corrected chi connectivity index (χ3v) is 4.84. The summed E-state index contributed by atoms with van der Waals surface area (Å²) in [5, 5.41) is 15.8. The number of carbonyl (C=O) groups is 1. The van der Waals surface area contributed by atoms with Gasteiger partial charge in [-0.15, -0.1) is 11.3 Å². The summed E-state index contributed by atoms with van der Waals surface area (Å²) in [6.45, 7) is 0.773. The molecule has 0 aliphatic heterocycles. The van der Waals surface area contributed by atoms with Crippen molar-refractivity contribution in [2.75, 3.05) is 0 Å².